The maximum Gasteiger partial charge on any atom is 0.271 e. The van der Waals surface area contributed by atoms with Gasteiger partial charge in [-0.15, -0.1) is 0 Å². The van der Waals surface area contributed by atoms with Crippen LogP contribution in [-0.2, 0) is 4.79 Å². The molecule has 28 heavy (non-hydrogen) atoms. The number of benzene rings is 2. The minimum Gasteiger partial charge on any atom is -0.507 e. The lowest BCUT2D eigenvalue weighted by molar-refractivity contribution is -0.123. The van der Waals surface area contributed by atoms with Gasteiger partial charge in [0, 0.05) is 11.6 Å². The number of hydrogen-bond donors (Lipinski definition) is 4. The van der Waals surface area contributed by atoms with Crippen molar-refractivity contribution < 1.29 is 24.1 Å². The Morgan fingerprint density at radius 1 is 1.18 bits per heavy atom. The van der Waals surface area contributed by atoms with Crippen molar-refractivity contribution in [3.05, 3.63) is 48.7 Å². The summed E-state index contributed by atoms with van der Waals surface area (Å²) in [5, 5.41) is 17.2. The topological polar surface area (TPSA) is 132 Å². The van der Waals surface area contributed by atoms with Gasteiger partial charge in [0.05, 0.1) is 12.8 Å². The van der Waals surface area contributed by atoms with Crippen molar-refractivity contribution in [2.45, 2.75) is 6.92 Å². The maximum atomic E-state index is 11.2. The van der Waals surface area contributed by atoms with Crippen LogP contribution in [0.5, 0.6) is 28.7 Å². The first-order valence-corrected chi connectivity index (χ1v) is 8.51. The van der Waals surface area contributed by atoms with E-state index in [4.69, 9.17) is 20.1 Å². The second kappa shape index (κ2) is 8.78. The second-order valence-electron chi connectivity index (χ2n) is 5.63. The molecule has 0 aliphatic heterocycles. The highest BCUT2D eigenvalue weighted by molar-refractivity contribution is 5.77. The summed E-state index contributed by atoms with van der Waals surface area (Å²) in [4.78, 5) is 11.2. The van der Waals surface area contributed by atoms with Crippen molar-refractivity contribution in [2.24, 2.45) is 5.84 Å². The van der Waals surface area contributed by atoms with Crippen molar-refractivity contribution in [1.29, 1.82) is 0 Å². The Balaban J connectivity index is 1.83. The zero-order valence-electron chi connectivity index (χ0n) is 15.1. The molecular formula is C19H20N4O5. The molecule has 1 amide bonds. The zero-order valence-corrected chi connectivity index (χ0v) is 15.1. The van der Waals surface area contributed by atoms with E-state index >= 15 is 0 Å². The molecule has 0 saturated carbocycles. The number of aromatic amines is 1. The number of nitrogens with two attached hydrogens (primary N) is 1. The largest absolute Gasteiger partial charge is 0.507 e. The summed E-state index contributed by atoms with van der Waals surface area (Å²) in [5.41, 5.74) is 2.90. The molecule has 1 heterocycles. The van der Waals surface area contributed by atoms with Gasteiger partial charge in [-0.05, 0) is 31.2 Å². The van der Waals surface area contributed by atoms with Crippen LogP contribution in [0.3, 0.4) is 0 Å². The quantitative estimate of drug-likeness (QED) is 0.266. The number of hydrazine groups is 1. The molecule has 3 aromatic rings. The molecule has 9 nitrogen and oxygen atoms in total. The van der Waals surface area contributed by atoms with Gasteiger partial charge in [0.1, 0.15) is 17.2 Å². The highest BCUT2D eigenvalue weighted by atomic mass is 16.5. The minimum absolute atomic E-state index is 0.0714. The van der Waals surface area contributed by atoms with Crippen LogP contribution in [0, 0.1) is 0 Å². The van der Waals surface area contributed by atoms with Gasteiger partial charge in [0.15, 0.2) is 23.9 Å². The molecule has 146 valence electrons. The standard InChI is InChI=1S/C19H20N4O5/c1-2-26-15-5-3-4-6-16(15)28-17-10-21-23-19(17)13-8-7-12(9-14(13)24)27-11-18(25)22-20/h3-10,24H,2,11,20H2,1H3,(H,21,23)(H,22,25). The molecule has 3 rings (SSSR count). The molecule has 0 saturated heterocycles. The van der Waals surface area contributed by atoms with E-state index in [1.54, 1.807) is 24.3 Å². The van der Waals surface area contributed by atoms with Crippen LogP contribution < -0.4 is 25.5 Å². The van der Waals surface area contributed by atoms with Crippen LogP contribution in [0.25, 0.3) is 11.3 Å². The van der Waals surface area contributed by atoms with Gasteiger partial charge in [0.2, 0.25) is 0 Å². The third kappa shape index (κ3) is 4.33. The van der Waals surface area contributed by atoms with Gasteiger partial charge >= 0.3 is 0 Å². The first-order chi connectivity index (χ1) is 13.6. The van der Waals surface area contributed by atoms with Crippen LogP contribution in [0.1, 0.15) is 6.92 Å². The molecule has 0 aliphatic carbocycles. The summed E-state index contributed by atoms with van der Waals surface area (Å²) < 4.78 is 16.8. The molecule has 0 aliphatic rings. The van der Waals surface area contributed by atoms with Crippen molar-refractivity contribution >= 4 is 5.91 Å². The van der Waals surface area contributed by atoms with Gasteiger partial charge in [-0.1, -0.05) is 12.1 Å². The molecule has 0 radical (unpaired) electrons. The van der Waals surface area contributed by atoms with E-state index < -0.39 is 5.91 Å². The Bertz CT molecular complexity index is 957. The number of rotatable bonds is 8. The normalized spacial score (nSPS) is 10.4. The number of carbonyl (C=O) groups is 1. The van der Waals surface area contributed by atoms with Crippen LogP contribution in [0.15, 0.2) is 48.7 Å². The Kier molecular flexibility index (Phi) is 5.97. The van der Waals surface area contributed by atoms with Crippen molar-refractivity contribution in [1.82, 2.24) is 15.6 Å². The van der Waals surface area contributed by atoms with Crippen LogP contribution >= 0.6 is 0 Å². The average Bonchev–Trinajstić information content (AvgIpc) is 3.15. The monoisotopic (exact) mass is 384 g/mol. The fraction of sp³-hybridized carbons (Fsp3) is 0.158. The van der Waals surface area contributed by atoms with E-state index in [9.17, 15) is 9.90 Å². The third-order valence-corrected chi connectivity index (χ3v) is 3.74. The summed E-state index contributed by atoms with van der Waals surface area (Å²) in [6.07, 6.45) is 1.51. The van der Waals surface area contributed by atoms with Crippen molar-refractivity contribution in [2.75, 3.05) is 13.2 Å². The molecule has 1 aromatic heterocycles. The average molecular weight is 384 g/mol. The Hall–Kier alpha value is -3.72. The number of phenols is 1. The molecule has 0 spiro atoms. The number of nitrogens with zero attached hydrogens (tertiary/aromatic N) is 1. The van der Waals surface area contributed by atoms with Gasteiger partial charge in [-0.25, -0.2) is 5.84 Å². The fourth-order valence-corrected chi connectivity index (χ4v) is 2.48. The van der Waals surface area contributed by atoms with Crippen molar-refractivity contribution in [3.63, 3.8) is 0 Å². The van der Waals surface area contributed by atoms with E-state index in [2.05, 4.69) is 10.2 Å². The third-order valence-electron chi connectivity index (χ3n) is 3.74. The summed E-state index contributed by atoms with van der Waals surface area (Å²) in [6.45, 7) is 2.13. The first-order valence-electron chi connectivity index (χ1n) is 8.51. The molecule has 0 fully saturated rings. The first kappa shape index (κ1) is 19.1. The molecule has 0 bridgehead atoms. The zero-order chi connectivity index (χ0) is 19.9. The lowest BCUT2D eigenvalue weighted by Crippen LogP contribution is -2.34. The molecule has 9 heteroatoms. The SMILES string of the molecule is CCOc1ccccc1Oc1cn[nH]c1-c1ccc(OCC(=O)NN)cc1O. The molecular weight excluding hydrogens is 364 g/mol. The second-order valence-corrected chi connectivity index (χ2v) is 5.63. The van der Waals surface area contributed by atoms with E-state index in [0.29, 0.717) is 40.9 Å². The number of aromatic hydroxyl groups is 1. The number of phenolic OH excluding ortho intramolecular Hbond substituents is 1. The highest BCUT2D eigenvalue weighted by Crippen LogP contribution is 2.39. The van der Waals surface area contributed by atoms with E-state index in [1.807, 2.05) is 24.5 Å². The number of nitrogens with one attached hydrogen (secondary N) is 2. The summed E-state index contributed by atoms with van der Waals surface area (Å²) in [6, 6.07) is 11.9. The fourth-order valence-electron chi connectivity index (χ4n) is 2.48. The number of para-hydroxylation sites is 2. The minimum atomic E-state index is -0.485. The number of carbonyl (C=O) groups excluding carboxylic acids is 1. The Morgan fingerprint density at radius 2 is 1.96 bits per heavy atom. The predicted molar refractivity (Wildman–Crippen MR) is 101 cm³/mol. The van der Waals surface area contributed by atoms with Crippen LogP contribution in [-0.4, -0.2) is 34.4 Å². The van der Waals surface area contributed by atoms with Crippen LogP contribution in [0.4, 0.5) is 0 Å². The number of hydrogen-bond acceptors (Lipinski definition) is 7. The van der Waals surface area contributed by atoms with Crippen molar-refractivity contribution in [3.8, 4) is 40.0 Å². The number of H-pyrrole nitrogens is 1. The molecule has 0 atom stereocenters. The summed E-state index contributed by atoms with van der Waals surface area (Å²) in [7, 11) is 0. The van der Waals surface area contributed by atoms with Gasteiger partial charge in [0.25, 0.3) is 5.91 Å². The van der Waals surface area contributed by atoms with E-state index in [-0.39, 0.29) is 12.4 Å². The van der Waals surface area contributed by atoms with Crippen LogP contribution in [0.2, 0.25) is 0 Å². The van der Waals surface area contributed by atoms with E-state index in [1.165, 1.54) is 12.3 Å². The number of amides is 1. The number of ether oxygens (including phenoxy) is 3. The predicted octanol–water partition coefficient (Wildman–Crippen LogP) is 2.34. The van der Waals surface area contributed by atoms with Gasteiger partial charge < -0.3 is 19.3 Å². The lowest BCUT2D eigenvalue weighted by atomic mass is 10.1. The van der Waals surface area contributed by atoms with Gasteiger partial charge in [-0.2, -0.15) is 5.10 Å². The summed E-state index contributed by atoms with van der Waals surface area (Å²) in [5.74, 6) is 6.30. The molecule has 0 unspecified atom stereocenters. The Morgan fingerprint density at radius 3 is 2.68 bits per heavy atom. The Labute approximate surface area is 161 Å². The summed E-state index contributed by atoms with van der Waals surface area (Å²) >= 11 is 0. The highest BCUT2D eigenvalue weighted by Gasteiger charge is 2.16. The maximum absolute atomic E-state index is 11.2. The number of aromatic nitrogens is 2. The molecule has 2 aromatic carbocycles. The lowest BCUT2D eigenvalue weighted by Gasteiger charge is -2.12. The van der Waals surface area contributed by atoms with Gasteiger partial charge in [-0.3, -0.25) is 15.3 Å². The van der Waals surface area contributed by atoms with E-state index in [0.717, 1.165) is 0 Å². The molecule has 5 N–H and O–H groups in total. The smallest absolute Gasteiger partial charge is 0.271 e.